The lowest BCUT2D eigenvalue weighted by molar-refractivity contribution is 0.101. The van der Waals surface area contributed by atoms with Crippen molar-refractivity contribution in [3.8, 4) is 0 Å². The first-order valence-corrected chi connectivity index (χ1v) is 8.28. The van der Waals surface area contributed by atoms with Gasteiger partial charge in [0.25, 0.3) is 0 Å². The monoisotopic (exact) mass is 334 g/mol. The van der Waals surface area contributed by atoms with Crippen LogP contribution in [-0.2, 0) is 4.74 Å². The SMILES string of the molecule is Clc1ccc(Nc2cc([C@@H]3C[C@H]4CC[C@@H]3O4)ccn2)cc1Cl. The van der Waals surface area contributed by atoms with E-state index in [2.05, 4.69) is 22.4 Å². The quantitative estimate of drug-likeness (QED) is 0.840. The fourth-order valence-corrected chi connectivity index (χ4v) is 3.75. The van der Waals surface area contributed by atoms with Crippen LogP contribution in [0, 0.1) is 0 Å². The minimum Gasteiger partial charge on any atom is -0.374 e. The molecule has 2 fully saturated rings. The van der Waals surface area contributed by atoms with Crippen LogP contribution in [0.5, 0.6) is 0 Å². The molecule has 3 nitrogen and oxygen atoms in total. The molecule has 1 aromatic carbocycles. The summed E-state index contributed by atoms with van der Waals surface area (Å²) in [7, 11) is 0. The van der Waals surface area contributed by atoms with Crippen LogP contribution >= 0.6 is 23.2 Å². The van der Waals surface area contributed by atoms with Crippen molar-refractivity contribution in [2.24, 2.45) is 0 Å². The van der Waals surface area contributed by atoms with Crippen LogP contribution in [0.1, 0.15) is 30.7 Å². The largest absolute Gasteiger partial charge is 0.374 e. The Hall–Kier alpha value is -1.29. The third-order valence-corrected chi connectivity index (χ3v) is 5.25. The highest BCUT2D eigenvalue weighted by Crippen LogP contribution is 2.44. The zero-order chi connectivity index (χ0) is 15.1. The highest BCUT2D eigenvalue weighted by molar-refractivity contribution is 6.42. The highest BCUT2D eigenvalue weighted by atomic mass is 35.5. The predicted molar refractivity (Wildman–Crippen MR) is 89.2 cm³/mol. The lowest BCUT2D eigenvalue weighted by Crippen LogP contribution is -2.14. The summed E-state index contributed by atoms with van der Waals surface area (Å²) in [5, 5.41) is 4.37. The van der Waals surface area contributed by atoms with Gasteiger partial charge < -0.3 is 10.1 Å². The van der Waals surface area contributed by atoms with Gasteiger partial charge in [0.2, 0.25) is 0 Å². The van der Waals surface area contributed by atoms with Crippen LogP contribution in [-0.4, -0.2) is 17.2 Å². The summed E-state index contributed by atoms with van der Waals surface area (Å²) in [5.41, 5.74) is 2.17. The molecule has 0 radical (unpaired) electrons. The third-order valence-electron chi connectivity index (χ3n) is 4.51. The van der Waals surface area contributed by atoms with Crippen LogP contribution in [0.2, 0.25) is 10.0 Å². The number of anilines is 2. The van der Waals surface area contributed by atoms with E-state index in [1.807, 2.05) is 12.3 Å². The molecule has 2 bridgehead atoms. The number of halogens is 2. The normalized spacial score (nSPS) is 26.4. The van der Waals surface area contributed by atoms with Crippen molar-refractivity contribution in [2.75, 3.05) is 5.32 Å². The molecule has 2 aliphatic heterocycles. The number of fused-ring (bicyclic) bond motifs is 2. The molecule has 0 unspecified atom stereocenters. The van der Waals surface area contributed by atoms with Gasteiger partial charge in [0.15, 0.2) is 0 Å². The first-order valence-electron chi connectivity index (χ1n) is 7.52. The number of pyridine rings is 1. The average Bonchev–Trinajstić information content (AvgIpc) is 3.14. The maximum Gasteiger partial charge on any atom is 0.130 e. The van der Waals surface area contributed by atoms with E-state index in [0.29, 0.717) is 28.2 Å². The molecule has 0 amide bonds. The molecule has 2 aliphatic rings. The van der Waals surface area contributed by atoms with Crippen LogP contribution < -0.4 is 5.32 Å². The van der Waals surface area contributed by atoms with Crippen molar-refractivity contribution in [2.45, 2.75) is 37.4 Å². The first-order chi connectivity index (χ1) is 10.7. The third kappa shape index (κ3) is 2.69. The van der Waals surface area contributed by atoms with Gasteiger partial charge in [-0.1, -0.05) is 23.2 Å². The second kappa shape index (κ2) is 5.73. The van der Waals surface area contributed by atoms with E-state index in [1.54, 1.807) is 12.1 Å². The van der Waals surface area contributed by atoms with Gasteiger partial charge in [0, 0.05) is 17.8 Å². The lowest BCUT2D eigenvalue weighted by atomic mass is 9.84. The van der Waals surface area contributed by atoms with E-state index >= 15 is 0 Å². The van der Waals surface area contributed by atoms with Crippen LogP contribution in [0.15, 0.2) is 36.5 Å². The van der Waals surface area contributed by atoms with Crippen molar-refractivity contribution in [3.63, 3.8) is 0 Å². The molecule has 22 heavy (non-hydrogen) atoms. The summed E-state index contributed by atoms with van der Waals surface area (Å²) in [4.78, 5) is 4.39. The van der Waals surface area contributed by atoms with Crippen LogP contribution in [0.4, 0.5) is 11.5 Å². The van der Waals surface area contributed by atoms with Gasteiger partial charge in [0.1, 0.15) is 5.82 Å². The Kier molecular flexibility index (Phi) is 3.73. The Morgan fingerprint density at radius 3 is 2.73 bits per heavy atom. The zero-order valence-corrected chi connectivity index (χ0v) is 13.4. The van der Waals surface area contributed by atoms with E-state index in [4.69, 9.17) is 27.9 Å². The summed E-state index contributed by atoms with van der Waals surface area (Å²) < 4.78 is 5.95. The number of hydrogen-bond acceptors (Lipinski definition) is 3. The molecular weight excluding hydrogens is 319 g/mol. The fraction of sp³-hybridized carbons (Fsp3) is 0.353. The zero-order valence-electron chi connectivity index (χ0n) is 11.9. The van der Waals surface area contributed by atoms with Crippen molar-refractivity contribution in [3.05, 3.63) is 52.1 Å². The van der Waals surface area contributed by atoms with E-state index in [0.717, 1.165) is 17.9 Å². The Labute approximate surface area is 139 Å². The maximum atomic E-state index is 6.05. The van der Waals surface area contributed by atoms with Crippen molar-refractivity contribution in [1.29, 1.82) is 0 Å². The number of nitrogens with zero attached hydrogens (tertiary/aromatic N) is 1. The molecule has 2 aromatic rings. The molecule has 4 rings (SSSR count). The van der Waals surface area contributed by atoms with Crippen molar-refractivity contribution < 1.29 is 4.74 Å². The van der Waals surface area contributed by atoms with E-state index < -0.39 is 0 Å². The van der Waals surface area contributed by atoms with E-state index in [9.17, 15) is 0 Å². The molecule has 114 valence electrons. The smallest absolute Gasteiger partial charge is 0.130 e. The van der Waals surface area contributed by atoms with Gasteiger partial charge in [-0.2, -0.15) is 0 Å². The Balaban J connectivity index is 1.55. The average molecular weight is 335 g/mol. The van der Waals surface area contributed by atoms with Gasteiger partial charge in [0.05, 0.1) is 22.3 Å². The van der Waals surface area contributed by atoms with Gasteiger partial charge in [-0.05, 0) is 55.2 Å². The van der Waals surface area contributed by atoms with Gasteiger partial charge >= 0.3 is 0 Å². The number of aromatic nitrogens is 1. The number of hydrogen-bond donors (Lipinski definition) is 1. The summed E-state index contributed by atoms with van der Waals surface area (Å²) in [6.45, 7) is 0. The minimum absolute atomic E-state index is 0.380. The summed E-state index contributed by atoms with van der Waals surface area (Å²) in [5.74, 6) is 1.31. The molecule has 1 N–H and O–H groups in total. The summed E-state index contributed by atoms with van der Waals surface area (Å²) in [6, 6.07) is 9.67. The minimum atomic E-state index is 0.380. The van der Waals surface area contributed by atoms with E-state index in [-0.39, 0.29) is 0 Å². The van der Waals surface area contributed by atoms with Gasteiger partial charge in [-0.25, -0.2) is 4.98 Å². The Morgan fingerprint density at radius 1 is 1.09 bits per heavy atom. The highest BCUT2D eigenvalue weighted by Gasteiger charge is 2.41. The van der Waals surface area contributed by atoms with Gasteiger partial charge in [-0.15, -0.1) is 0 Å². The molecular formula is C17H16Cl2N2O. The summed E-state index contributed by atoms with van der Waals surface area (Å²) >= 11 is 12.0. The second-order valence-electron chi connectivity index (χ2n) is 5.94. The molecule has 0 aliphatic carbocycles. The molecule has 0 spiro atoms. The molecule has 5 heteroatoms. The number of rotatable bonds is 3. The van der Waals surface area contributed by atoms with Crippen molar-refractivity contribution in [1.82, 2.24) is 4.98 Å². The summed E-state index contributed by atoms with van der Waals surface area (Å²) in [6.07, 6.45) is 6.19. The van der Waals surface area contributed by atoms with Crippen LogP contribution in [0.3, 0.4) is 0 Å². The fourth-order valence-electron chi connectivity index (χ4n) is 3.46. The Bertz CT molecular complexity index is 707. The molecule has 0 saturated carbocycles. The van der Waals surface area contributed by atoms with E-state index in [1.165, 1.54) is 18.4 Å². The molecule has 3 heterocycles. The topological polar surface area (TPSA) is 34.1 Å². The molecule has 2 saturated heterocycles. The molecule has 3 atom stereocenters. The lowest BCUT2D eigenvalue weighted by Gasteiger charge is -2.19. The number of nitrogens with one attached hydrogen (secondary N) is 1. The number of benzene rings is 1. The van der Waals surface area contributed by atoms with Crippen molar-refractivity contribution >= 4 is 34.7 Å². The van der Waals surface area contributed by atoms with Gasteiger partial charge in [-0.3, -0.25) is 0 Å². The predicted octanol–water partition coefficient (Wildman–Crippen LogP) is 5.17. The second-order valence-corrected chi connectivity index (χ2v) is 6.76. The Morgan fingerprint density at radius 2 is 2.00 bits per heavy atom. The maximum absolute atomic E-state index is 6.05. The first kappa shape index (κ1) is 14.3. The number of ether oxygens (including phenoxy) is 1. The van der Waals surface area contributed by atoms with Crippen LogP contribution in [0.25, 0.3) is 0 Å². The standard InChI is InChI=1S/C17H16Cl2N2O/c18-14-3-1-11(8-15(14)19)21-17-7-10(5-6-20-17)13-9-12-2-4-16(13)22-12/h1,3,5-8,12-13,16H,2,4,9H2,(H,20,21)/t12-,13+,16+/m1/s1. The molecule has 1 aromatic heterocycles.